The zero-order valence-electron chi connectivity index (χ0n) is 18.2. The summed E-state index contributed by atoms with van der Waals surface area (Å²) in [7, 11) is 0. The van der Waals surface area contributed by atoms with E-state index in [0.717, 1.165) is 30.5 Å². The lowest BCUT2D eigenvalue weighted by Crippen LogP contribution is -2.31. The van der Waals surface area contributed by atoms with Gasteiger partial charge in [0.25, 0.3) is 5.91 Å². The van der Waals surface area contributed by atoms with Crippen molar-refractivity contribution in [2.45, 2.75) is 32.7 Å². The number of hydrogen-bond donors (Lipinski definition) is 2. The first-order chi connectivity index (χ1) is 16.3. The normalized spacial score (nSPS) is 13.3. The molecule has 0 unspecified atom stereocenters. The molecule has 2 aromatic carbocycles. The summed E-state index contributed by atoms with van der Waals surface area (Å²) in [5.74, 6) is -6.75. The van der Waals surface area contributed by atoms with Crippen LogP contribution in [0.3, 0.4) is 0 Å². The highest BCUT2D eigenvalue weighted by Gasteiger charge is 2.24. The SMILES string of the molecule is Cc1cc(C(=O)N2CCCCc3sccc32)ccc1CNC(=O)Nc1c(F)c(F)cc(F)c1F. The second-order valence-corrected chi connectivity index (χ2v) is 8.94. The quantitative estimate of drug-likeness (QED) is 0.352. The zero-order chi connectivity index (χ0) is 24.4. The van der Waals surface area contributed by atoms with Gasteiger partial charge >= 0.3 is 6.03 Å². The van der Waals surface area contributed by atoms with E-state index in [4.69, 9.17) is 0 Å². The van der Waals surface area contributed by atoms with Crippen LogP contribution in [0.5, 0.6) is 0 Å². The molecule has 3 aromatic rings. The van der Waals surface area contributed by atoms with Gasteiger partial charge in [0, 0.05) is 29.6 Å². The molecule has 10 heteroatoms. The van der Waals surface area contributed by atoms with Crippen LogP contribution in [0.15, 0.2) is 35.7 Å². The van der Waals surface area contributed by atoms with E-state index in [1.807, 2.05) is 11.4 Å². The van der Waals surface area contributed by atoms with Crippen LogP contribution < -0.4 is 15.5 Å². The summed E-state index contributed by atoms with van der Waals surface area (Å²) >= 11 is 1.65. The van der Waals surface area contributed by atoms with E-state index in [1.165, 1.54) is 4.88 Å². The third-order valence-corrected chi connectivity index (χ3v) is 6.64. The van der Waals surface area contributed by atoms with Gasteiger partial charge in [-0.2, -0.15) is 0 Å². The van der Waals surface area contributed by atoms with Crippen molar-refractivity contribution in [2.75, 3.05) is 16.8 Å². The van der Waals surface area contributed by atoms with Crippen LogP contribution in [0.1, 0.15) is 39.2 Å². The number of fused-ring (bicyclic) bond motifs is 1. The molecule has 0 bridgehead atoms. The highest BCUT2D eigenvalue weighted by atomic mass is 32.1. The minimum absolute atomic E-state index is 0.0361. The van der Waals surface area contributed by atoms with E-state index in [0.29, 0.717) is 17.7 Å². The van der Waals surface area contributed by atoms with Crippen LogP contribution in [0, 0.1) is 30.2 Å². The fourth-order valence-electron chi connectivity index (χ4n) is 3.85. The molecular formula is C24H21F4N3O2S. The first-order valence-electron chi connectivity index (χ1n) is 10.6. The third-order valence-electron chi connectivity index (χ3n) is 5.67. The fraction of sp³-hybridized carbons (Fsp3) is 0.250. The number of hydrogen-bond acceptors (Lipinski definition) is 3. The summed E-state index contributed by atoms with van der Waals surface area (Å²) < 4.78 is 54.1. The average molecular weight is 492 g/mol. The molecular weight excluding hydrogens is 470 g/mol. The Morgan fingerprint density at radius 3 is 2.47 bits per heavy atom. The van der Waals surface area contributed by atoms with E-state index in [1.54, 1.807) is 46.7 Å². The Balaban J connectivity index is 1.44. The van der Waals surface area contributed by atoms with Gasteiger partial charge in [-0.25, -0.2) is 22.4 Å². The summed E-state index contributed by atoms with van der Waals surface area (Å²) in [4.78, 5) is 28.2. The smallest absolute Gasteiger partial charge is 0.319 e. The summed E-state index contributed by atoms with van der Waals surface area (Å²) in [6.07, 6.45) is 2.90. The number of anilines is 2. The number of carbonyl (C=O) groups is 2. The van der Waals surface area contributed by atoms with Crippen molar-refractivity contribution >= 4 is 34.6 Å². The Bertz CT molecular complexity index is 1240. The largest absolute Gasteiger partial charge is 0.334 e. The molecule has 1 aromatic heterocycles. The predicted molar refractivity (Wildman–Crippen MR) is 122 cm³/mol. The number of thiophene rings is 1. The van der Waals surface area contributed by atoms with Gasteiger partial charge in [-0.15, -0.1) is 11.3 Å². The number of amides is 3. The molecule has 2 heterocycles. The lowest BCUT2D eigenvalue weighted by Gasteiger charge is -2.21. The summed E-state index contributed by atoms with van der Waals surface area (Å²) in [6.45, 7) is 2.37. The maximum absolute atomic E-state index is 13.7. The van der Waals surface area contributed by atoms with Crippen molar-refractivity contribution in [1.29, 1.82) is 0 Å². The van der Waals surface area contributed by atoms with Crippen LogP contribution in [-0.4, -0.2) is 18.5 Å². The molecule has 4 rings (SSSR count). The van der Waals surface area contributed by atoms with Crippen molar-refractivity contribution in [3.63, 3.8) is 0 Å². The van der Waals surface area contributed by atoms with Crippen LogP contribution in [-0.2, 0) is 13.0 Å². The monoisotopic (exact) mass is 491 g/mol. The fourth-order valence-corrected chi connectivity index (χ4v) is 4.77. The summed E-state index contributed by atoms with van der Waals surface area (Å²) in [6, 6.07) is 6.03. The Labute approximate surface area is 197 Å². The Morgan fingerprint density at radius 2 is 1.76 bits per heavy atom. The van der Waals surface area contributed by atoms with Gasteiger partial charge < -0.3 is 15.5 Å². The van der Waals surface area contributed by atoms with Gasteiger partial charge in [-0.3, -0.25) is 4.79 Å². The van der Waals surface area contributed by atoms with Gasteiger partial charge in [0.2, 0.25) is 0 Å². The molecule has 5 nitrogen and oxygen atoms in total. The lowest BCUT2D eigenvalue weighted by atomic mass is 10.0. The molecule has 34 heavy (non-hydrogen) atoms. The van der Waals surface area contributed by atoms with Crippen LogP contribution >= 0.6 is 11.3 Å². The highest BCUT2D eigenvalue weighted by Crippen LogP contribution is 2.32. The number of rotatable bonds is 4. The van der Waals surface area contributed by atoms with Gasteiger partial charge in [0.15, 0.2) is 23.3 Å². The van der Waals surface area contributed by atoms with E-state index >= 15 is 0 Å². The molecule has 178 valence electrons. The molecule has 1 aliphatic rings. The topological polar surface area (TPSA) is 61.4 Å². The molecule has 0 atom stereocenters. The van der Waals surface area contributed by atoms with Gasteiger partial charge in [0.1, 0.15) is 5.69 Å². The molecule has 3 amide bonds. The summed E-state index contributed by atoms with van der Waals surface area (Å²) in [5.41, 5.74) is 1.62. The second kappa shape index (κ2) is 9.84. The maximum atomic E-state index is 13.7. The summed E-state index contributed by atoms with van der Waals surface area (Å²) in [5, 5.41) is 6.17. The number of halogens is 4. The average Bonchev–Trinajstić information content (AvgIpc) is 3.18. The van der Waals surface area contributed by atoms with Crippen molar-refractivity contribution in [3.05, 3.63) is 80.5 Å². The van der Waals surface area contributed by atoms with Crippen LogP contribution in [0.2, 0.25) is 0 Å². The number of nitrogens with one attached hydrogen (secondary N) is 2. The van der Waals surface area contributed by atoms with E-state index in [9.17, 15) is 27.2 Å². The van der Waals surface area contributed by atoms with Crippen molar-refractivity contribution < 1.29 is 27.2 Å². The number of urea groups is 1. The van der Waals surface area contributed by atoms with Gasteiger partial charge in [-0.05, 0) is 60.9 Å². The van der Waals surface area contributed by atoms with E-state index < -0.39 is 35.0 Å². The molecule has 0 radical (unpaired) electrons. The number of nitrogens with zero attached hydrogens (tertiary/aromatic N) is 1. The Hall–Kier alpha value is -3.40. The zero-order valence-corrected chi connectivity index (χ0v) is 19.0. The Morgan fingerprint density at radius 1 is 1.03 bits per heavy atom. The second-order valence-electron chi connectivity index (χ2n) is 7.94. The maximum Gasteiger partial charge on any atom is 0.319 e. The first-order valence-corrected chi connectivity index (χ1v) is 11.5. The standard InChI is InChI=1S/C24H21F4N3O2S/c1-13-10-14(23(32)31-8-3-2-4-19-18(31)7-9-34-19)5-6-15(13)12-29-24(33)30-22-20(27)16(25)11-17(26)21(22)28/h5-7,9-11H,2-4,8,12H2,1H3,(H2,29,30,33). The predicted octanol–water partition coefficient (Wildman–Crippen LogP) is 5.92. The highest BCUT2D eigenvalue weighted by molar-refractivity contribution is 7.10. The van der Waals surface area contributed by atoms with Gasteiger partial charge in [-0.1, -0.05) is 6.07 Å². The van der Waals surface area contributed by atoms with Crippen molar-refractivity contribution in [1.82, 2.24) is 5.32 Å². The third kappa shape index (κ3) is 4.77. The minimum Gasteiger partial charge on any atom is -0.334 e. The van der Waals surface area contributed by atoms with Crippen molar-refractivity contribution in [2.24, 2.45) is 0 Å². The molecule has 0 spiro atoms. The van der Waals surface area contributed by atoms with Crippen LogP contribution in [0.4, 0.5) is 33.7 Å². The molecule has 0 saturated heterocycles. The lowest BCUT2D eigenvalue weighted by molar-refractivity contribution is 0.0987. The Kier molecular flexibility index (Phi) is 6.87. The molecule has 0 fully saturated rings. The minimum atomic E-state index is -1.70. The molecule has 2 N–H and O–H groups in total. The molecule has 1 aliphatic heterocycles. The number of aryl methyl sites for hydroxylation is 2. The van der Waals surface area contributed by atoms with Gasteiger partial charge in [0.05, 0.1) is 5.69 Å². The van der Waals surface area contributed by atoms with E-state index in [-0.39, 0.29) is 18.5 Å². The number of carbonyl (C=O) groups excluding carboxylic acids is 2. The number of benzene rings is 2. The first kappa shape index (κ1) is 23.7. The molecule has 0 saturated carbocycles. The van der Waals surface area contributed by atoms with E-state index in [2.05, 4.69) is 5.32 Å². The molecule has 0 aliphatic carbocycles. The van der Waals surface area contributed by atoms with Crippen molar-refractivity contribution in [3.8, 4) is 0 Å². The van der Waals surface area contributed by atoms with Crippen LogP contribution in [0.25, 0.3) is 0 Å².